The fourth-order valence-corrected chi connectivity index (χ4v) is 4.82. The molecule has 5 rings (SSSR count). The Labute approximate surface area is 151 Å². The summed E-state index contributed by atoms with van der Waals surface area (Å²) in [6.45, 7) is 0. The van der Waals surface area contributed by atoms with Crippen molar-refractivity contribution in [1.82, 2.24) is 0 Å². The zero-order valence-corrected chi connectivity index (χ0v) is 14.3. The molecular formula is C22H20F2O2. The van der Waals surface area contributed by atoms with Crippen LogP contribution in [0.5, 0.6) is 0 Å². The first kappa shape index (κ1) is 17.1. The van der Waals surface area contributed by atoms with Crippen LogP contribution in [0.15, 0.2) is 48.5 Å². The molecule has 0 N–H and O–H groups in total. The van der Waals surface area contributed by atoms with Crippen LogP contribution in [0.4, 0.5) is 8.78 Å². The third-order valence-corrected chi connectivity index (χ3v) is 6.08. The quantitative estimate of drug-likeness (QED) is 0.717. The van der Waals surface area contributed by atoms with Gasteiger partial charge in [0.15, 0.2) is 11.6 Å². The summed E-state index contributed by atoms with van der Waals surface area (Å²) in [7, 11) is 0. The highest BCUT2D eigenvalue weighted by atomic mass is 19.1. The largest absolute Gasteiger partial charge is 0.294 e. The average Bonchev–Trinajstić information content (AvgIpc) is 2.68. The summed E-state index contributed by atoms with van der Waals surface area (Å²) in [5.74, 6) is -1.27. The number of carbonyl (C=O) groups is 2. The smallest absolute Gasteiger partial charge is 0.166 e. The van der Waals surface area contributed by atoms with Crippen molar-refractivity contribution < 1.29 is 18.4 Å². The Morgan fingerprint density at radius 1 is 0.615 bits per heavy atom. The Balaban J connectivity index is 1.68. The Bertz CT molecular complexity index is 747. The second-order valence-corrected chi connectivity index (χ2v) is 7.47. The van der Waals surface area contributed by atoms with Crippen molar-refractivity contribution in [3.8, 4) is 0 Å². The van der Waals surface area contributed by atoms with Gasteiger partial charge in [-0.2, -0.15) is 0 Å². The highest BCUT2D eigenvalue weighted by Crippen LogP contribution is 2.51. The number of halogens is 2. The zero-order chi connectivity index (χ0) is 18.3. The zero-order valence-electron chi connectivity index (χ0n) is 14.3. The highest BCUT2D eigenvalue weighted by molar-refractivity contribution is 6.05. The minimum Gasteiger partial charge on any atom is -0.294 e. The van der Waals surface area contributed by atoms with E-state index in [1.165, 1.54) is 48.5 Å². The lowest BCUT2D eigenvalue weighted by molar-refractivity contribution is 0.0231. The molecule has 3 fully saturated rings. The van der Waals surface area contributed by atoms with Crippen LogP contribution in [0.1, 0.15) is 46.4 Å². The summed E-state index contributed by atoms with van der Waals surface area (Å²) < 4.78 is 26.4. The number of benzene rings is 2. The standard InChI is InChI=1S/C22H20F2O2/c23-17-9-5-15(6-10-17)21(25)19-13-1-2-14(4-3-13)20(19)22(26)16-7-11-18(24)12-8-16/h5-14,19-20H,1-4H2. The summed E-state index contributed by atoms with van der Waals surface area (Å²) in [5.41, 5.74) is 0.918. The van der Waals surface area contributed by atoms with Crippen molar-refractivity contribution in [2.24, 2.45) is 23.7 Å². The van der Waals surface area contributed by atoms with Gasteiger partial charge in [0.1, 0.15) is 11.6 Å². The fourth-order valence-electron chi connectivity index (χ4n) is 4.82. The number of hydrogen-bond acceptors (Lipinski definition) is 2. The predicted molar refractivity (Wildman–Crippen MR) is 93.9 cm³/mol. The lowest BCUT2D eigenvalue weighted by atomic mass is 9.55. The van der Waals surface area contributed by atoms with Gasteiger partial charge in [0.25, 0.3) is 0 Å². The van der Waals surface area contributed by atoms with Gasteiger partial charge in [0.05, 0.1) is 0 Å². The van der Waals surface area contributed by atoms with Gasteiger partial charge < -0.3 is 0 Å². The molecule has 0 amide bonds. The monoisotopic (exact) mass is 354 g/mol. The van der Waals surface area contributed by atoms with Crippen LogP contribution in [0.25, 0.3) is 0 Å². The molecule has 0 spiro atoms. The van der Waals surface area contributed by atoms with Crippen LogP contribution < -0.4 is 0 Å². The molecule has 2 unspecified atom stereocenters. The number of fused-ring (bicyclic) bond motifs is 3. The topological polar surface area (TPSA) is 34.1 Å². The van der Waals surface area contributed by atoms with Gasteiger partial charge in [-0.25, -0.2) is 8.78 Å². The van der Waals surface area contributed by atoms with Crippen LogP contribution in [0.2, 0.25) is 0 Å². The fraction of sp³-hybridized carbons (Fsp3) is 0.364. The molecule has 4 heteroatoms. The van der Waals surface area contributed by atoms with Crippen molar-refractivity contribution in [2.75, 3.05) is 0 Å². The van der Waals surface area contributed by atoms with E-state index in [0.29, 0.717) is 11.1 Å². The van der Waals surface area contributed by atoms with Gasteiger partial charge in [0, 0.05) is 23.0 Å². The van der Waals surface area contributed by atoms with Crippen molar-refractivity contribution >= 4 is 11.6 Å². The molecule has 0 heterocycles. The van der Waals surface area contributed by atoms with Crippen LogP contribution in [-0.2, 0) is 0 Å². The van der Waals surface area contributed by atoms with Crippen molar-refractivity contribution in [2.45, 2.75) is 25.7 Å². The van der Waals surface area contributed by atoms with Crippen molar-refractivity contribution in [3.63, 3.8) is 0 Å². The summed E-state index contributed by atoms with van der Waals surface area (Å²) in [4.78, 5) is 26.3. The molecule has 2 bridgehead atoms. The van der Waals surface area contributed by atoms with E-state index in [4.69, 9.17) is 0 Å². The van der Waals surface area contributed by atoms with Gasteiger partial charge in [0.2, 0.25) is 0 Å². The Hall–Kier alpha value is -2.36. The molecule has 3 aliphatic rings. The molecule has 3 saturated carbocycles. The third-order valence-electron chi connectivity index (χ3n) is 6.08. The van der Waals surface area contributed by atoms with Crippen LogP contribution >= 0.6 is 0 Å². The summed E-state index contributed by atoms with van der Waals surface area (Å²) in [5, 5.41) is 0. The summed E-state index contributed by atoms with van der Waals surface area (Å²) in [6.07, 6.45) is 3.82. The van der Waals surface area contributed by atoms with Gasteiger partial charge in [-0.05, 0) is 86.1 Å². The molecule has 0 radical (unpaired) electrons. The van der Waals surface area contributed by atoms with E-state index in [0.717, 1.165) is 25.7 Å². The molecule has 2 aromatic rings. The average molecular weight is 354 g/mol. The molecule has 0 aliphatic heterocycles. The lowest BCUT2D eigenvalue weighted by Crippen LogP contribution is -2.47. The lowest BCUT2D eigenvalue weighted by Gasteiger charge is -2.47. The molecule has 0 aromatic heterocycles. The number of Topliss-reactive ketones (excluding diaryl/α,β-unsaturated/α-hetero) is 2. The Kier molecular flexibility index (Phi) is 4.43. The van der Waals surface area contributed by atoms with Gasteiger partial charge in [-0.1, -0.05) is 0 Å². The van der Waals surface area contributed by atoms with E-state index in [2.05, 4.69) is 0 Å². The van der Waals surface area contributed by atoms with Crippen LogP contribution in [0.3, 0.4) is 0 Å². The van der Waals surface area contributed by atoms with E-state index < -0.39 is 0 Å². The Morgan fingerprint density at radius 2 is 0.923 bits per heavy atom. The normalized spacial score (nSPS) is 27.3. The van der Waals surface area contributed by atoms with E-state index in [-0.39, 0.29) is 46.9 Å². The first-order valence-electron chi connectivity index (χ1n) is 9.14. The summed E-state index contributed by atoms with van der Waals surface area (Å²) in [6, 6.07) is 11.1. The minimum absolute atomic E-state index is 0.0696. The van der Waals surface area contributed by atoms with Crippen molar-refractivity contribution in [1.29, 1.82) is 0 Å². The maximum Gasteiger partial charge on any atom is 0.166 e. The van der Waals surface area contributed by atoms with E-state index >= 15 is 0 Å². The molecule has 0 saturated heterocycles. The molecular weight excluding hydrogens is 334 g/mol. The van der Waals surface area contributed by atoms with E-state index in [1.807, 2.05) is 0 Å². The van der Waals surface area contributed by atoms with Gasteiger partial charge in [-0.3, -0.25) is 9.59 Å². The highest BCUT2D eigenvalue weighted by Gasteiger charge is 2.50. The van der Waals surface area contributed by atoms with Gasteiger partial charge >= 0.3 is 0 Å². The maximum absolute atomic E-state index is 13.2. The summed E-state index contributed by atoms with van der Waals surface area (Å²) >= 11 is 0. The number of hydrogen-bond donors (Lipinski definition) is 0. The van der Waals surface area contributed by atoms with E-state index in [1.54, 1.807) is 0 Å². The first-order valence-corrected chi connectivity index (χ1v) is 9.14. The molecule has 134 valence electrons. The maximum atomic E-state index is 13.2. The molecule has 2 atom stereocenters. The predicted octanol–water partition coefficient (Wildman–Crippen LogP) is 5.08. The molecule has 2 aromatic carbocycles. The van der Waals surface area contributed by atoms with Gasteiger partial charge in [-0.15, -0.1) is 0 Å². The number of carbonyl (C=O) groups excluding carboxylic acids is 2. The number of ketones is 2. The number of rotatable bonds is 4. The SMILES string of the molecule is O=C(c1ccc(F)cc1)C1C2CCC(CC2)C1C(=O)c1ccc(F)cc1. The van der Waals surface area contributed by atoms with E-state index in [9.17, 15) is 18.4 Å². The second kappa shape index (κ2) is 6.75. The second-order valence-electron chi connectivity index (χ2n) is 7.47. The Morgan fingerprint density at radius 3 is 1.23 bits per heavy atom. The molecule has 2 nitrogen and oxygen atoms in total. The van der Waals surface area contributed by atoms with Crippen LogP contribution in [-0.4, -0.2) is 11.6 Å². The minimum atomic E-state index is -0.384. The molecule has 3 aliphatic carbocycles. The van der Waals surface area contributed by atoms with Crippen molar-refractivity contribution in [3.05, 3.63) is 71.3 Å². The third kappa shape index (κ3) is 2.98. The van der Waals surface area contributed by atoms with Crippen LogP contribution in [0, 0.1) is 35.3 Å². The molecule has 26 heavy (non-hydrogen) atoms. The first-order chi connectivity index (χ1) is 12.5.